The lowest BCUT2D eigenvalue weighted by Crippen LogP contribution is -2.48. The van der Waals surface area contributed by atoms with Gasteiger partial charge in [-0.1, -0.05) is 24.3 Å². The van der Waals surface area contributed by atoms with Gasteiger partial charge in [-0.05, 0) is 20.8 Å². The zero-order valence-corrected chi connectivity index (χ0v) is 10.6. The zero-order valence-electron chi connectivity index (χ0n) is 10.6. The highest BCUT2D eigenvalue weighted by molar-refractivity contribution is 5.80. The smallest absolute Gasteiger partial charge is 0.385 e. The van der Waals surface area contributed by atoms with Gasteiger partial charge in [-0.25, -0.2) is 4.79 Å². The first-order valence-electron chi connectivity index (χ1n) is 5.36. The van der Waals surface area contributed by atoms with Gasteiger partial charge in [0.15, 0.2) is 0 Å². The third-order valence-corrected chi connectivity index (χ3v) is 2.19. The van der Waals surface area contributed by atoms with Gasteiger partial charge in [0.2, 0.25) is 0 Å². The van der Waals surface area contributed by atoms with E-state index < -0.39 is 16.4 Å². The summed E-state index contributed by atoms with van der Waals surface area (Å²) < 4.78 is 4.81. The van der Waals surface area contributed by atoms with Crippen LogP contribution in [-0.4, -0.2) is 23.0 Å². The molecule has 96 valence electrons. The van der Waals surface area contributed by atoms with Gasteiger partial charge < -0.3 is 4.74 Å². The zero-order chi connectivity index (χ0) is 13.6. The van der Waals surface area contributed by atoms with Crippen molar-refractivity contribution in [3.05, 3.63) is 34.4 Å². The number of hydrogen-bond donors (Lipinski definition) is 0. The van der Waals surface area contributed by atoms with E-state index in [1.165, 1.54) is 0 Å². The van der Waals surface area contributed by atoms with Crippen molar-refractivity contribution < 1.29 is 14.5 Å². The van der Waals surface area contributed by atoms with Crippen molar-refractivity contribution in [3.63, 3.8) is 0 Å². The van der Waals surface area contributed by atoms with Gasteiger partial charge in [-0.2, -0.15) is 0 Å². The molecule has 0 unspecified atom stereocenters. The maximum absolute atomic E-state index is 11.8. The SMILES string of the molecule is C=C(C)CC(CC(=C)C)(C(=O)OCC)[N+](=O)[O-]. The Hall–Kier alpha value is -1.65. The van der Waals surface area contributed by atoms with Crippen LogP contribution in [0.3, 0.4) is 0 Å². The summed E-state index contributed by atoms with van der Waals surface area (Å²) in [6.07, 6.45) is -0.0720. The molecule has 0 aliphatic rings. The monoisotopic (exact) mass is 241 g/mol. The van der Waals surface area contributed by atoms with Crippen LogP contribution in [0, 0.1) is 10.1 Å². The summed E-state index contributed by atoms with van der Waals surface area (Å²) in [4.78, 5) is 22.5. The molecule has 0 aromatic carbocycles. The molecule has 0 fully saturated rings. The van der Waals surface area contributed by atoms with Crippen molar-refractivity contribution >= 4 is 5.97 Å². The van der Waals surface area contributed by atoms with Crippen LogP contribution in [0.5, 0.6) is 0 Å². The fraction of sp³-hybridized carbons (Fsp3) is 0.583. The molecule has 0 N–H and O–H groups in total. The molecular weight excluding hydrogens is 222 g/mol. The Kier molecular flexibility index (Phi) is 5.58. The number of ether oxygens (including phenoxy) is 1. The molecule has 0 aromatic rings. The minimum Gasteiger partial charge on any atom is -0.461 e. The molecule has 17 heavy (non-hydrogen) atoms. The normalized spacial score (nSPS) is 10.8. The number of hydrogen-bond acceptors (Lipinski definition) is 4. The second kappa shape index (κ2) is 6.18. The fourth-order valence-electron chi connectivity index (χ4n) is 1.67. The molecule has 5 nitrogen and oxygen atoms in total. The van der Waals surface area contributed by atoms with E-state index in [1.807, 2.05) is 0 Å². The van der Waals surface area contributed by atoms with Crippen molar-refractivity contribution in [2.24, 2.45) is 0 Å². The van der Waals surface area contributed by atoms with Crippen LogP contribution in [0.1, 0.15) is 33.6 Å². The van der Waals surface area contributed by atoms with Gasteiger partial charge in [-0.3, -0.25) is 10.1 Å². The van der Waals surface area contributed by atoms with E-state index in [1.54, 1.807) is 20.8 Å². The lowest BCUT2D eigenvalue weighted by atomic mass is 9.86. The number of rotatable bonds is 7. The van der Waals surface area contributed by atoms with E-state index in [0.717, 1.165) is 0 Å². The molecule has 5 heteroatoms. The summed E-state index contributed by atoms with van der Waals surface area (Å²) in [6.45, 7) is 12.3. The van der Waals surface area contributed by atoms with Gasteiger partial charge >= 0.3 is 11.5 Å². The maximum atomic E-state index is 11.8. The van der Waals surface area contributed by atoms with Crippen LogP contribution in [-0.2, 0) is 9.53 Å². The summed E-state index contributed by atoms with van der Waals surface area (Å²) in [7, 11) is 0. The molecule has 0 atom stereocenters. The van der Waals surface area contributed by atoms with Crippen LogP contribution >= 0.6 is 0 Å². The summed E-state index contributed by atoms with van der Waals surface area (Å²) in [5.74, 6) is -0.823. The molecule has 0 saturated carbocycles. The molecule has 0 amide bonds. The van der Waals surface area contributed by atoms with Gasteiger partial charge in [0.1, 0.15) is 0 Å². The third-order valence-electron chi connectivity index (χ3n) is 2.19. The van der Waals surface area contributed by atoms with Crippen LogP contribution in [0.25, 0.3) is 0 Å². The van der Waals surface area contributed by atoms with E-state index in [9.17, 15) is 14.9 Å². The Bertz CT molecular complexity index is 330. The quantitative estimate of drug-likeness (QED) is 0.297. The molecule has 0 bridgehead atoms. The Labute approximate surface area is 101 Å². The minimum absolute atomic E-state index is 0.0360. The Morgan fingerprint density at radius 3 is 1.94 bits per heavy atom. The molecule has 0 heterocycles. The predicted octanol–water partition coefficient (Wildman–Crippen LogP) is 2.50. The van der Waals surface area contributed by atoms with Gasteiger partial charge in [0.25, 0.3) is 0 Å². The van der Waals surface area contributed by atoms with E-state index in [-0.39, 0.29) is 19.4 Å². The van der Waals surface area contributed by atoms with Crippen LogP contribution in [0.2, 0.25) is 0 Å². The molecule has 0 rings (SSSR count). The Morgan fingerprint density at radius 1 is 1.29 bits per heavy atom. The van der Waals surface area contributed by atoms with Gasteiger partial charge in [-0.15, -0.1) is 0 Å². The summed E-state index contributed by atoms with van der Waals surface area (Å²) in [6, 6.07) is 0. The van der Waals surface area contributed by atoms with Crippen molar-refractivity contribution in [2.75, 3.05) is 6.61 Å². The average molecular weight is 241 g/mol. The Balaban J connectivity index is 5.37. The highest BCUT2D eigenvalue weighted by atomic mass is 16.6. The van der Waals surface area contributed by atoms with E-state index in [4.69, 9.17) is 4.74 Å². The topological polar surface area (TPSA) is 69.4 Å². The number of carbonyl (C=O) groups excluding carboxylic acids is 1. The largest absolute Gasteiger partial charge is 0.461 e. The second-order valence-electron chi connectivity index (χ2n) is 4.28. The lowest BCUT2D eigenvalue weighted by molar-refractivity contribution is -0.554. The third kappa shape index (κ3) is 4.01. The Morgan fingerprint density at radius 2 is 1.71 bits per heavy atom. The average Bonchev–Trinajstić information content (AvgIpc) is 2.14. The molecule has 0 spiro atoms. The molecule has 0 aliphatic carbocycles. The van der Waals surface area contributed by atoms with Crippen molar-refractivity contribution in [1.82, 2.24) is 0 Å². The summed E-state index contributed by atoms with van der Waals surface area (Å²) in [5, 5.41) is 11.2. The van der Waals surface area contributed by atoms with Crippen molar-refractivity contribution in [2.45, 2.75) is 39.2 Å². The summed E-state index contributed by atoms with van der Waals surface area (Å²) in [5.41, 5.74) is -0.653. The van der Waals surface area contributed by atoms with Crippen LogP contribution < -0.4 is 0 Å². The second-order valence-corrected chi connectivity index (χ2v) is 4.28. The van der Waals surface area contributed by atoms with Crippen molar-refractivity contribution in [3.8, 4) is 0 Å². The first-order valence-corrected chi connectivity index (χ1v) is 5.36. The molecule has 0 aliphatic heterocycles. The first kappa shape index (κ1) is 15.3. The number of esters is 1. The highest BCUT2D eigenvalue weighted by Gasteiger charge is 2.52. The standard InChI is InChI=1S/C12H19NO4/c1-6-17-11(14)12(13(15)16,7-9(2)3)8-10(4)5/h2,4,6-8H2,1,3,5H3. The van der Waals surface area contributed by atoms with E-state index >= 15 is 0 Å². The fourth-order valence-corrected chi connectivity index (χ4v) is 1.67. The number of nitro groups is 1. The van der Waals surface area contributed by atoms with E-state index in [2.05, 4.69) is 13.2 Å². The summed E-state index contributed by atoms with van der Waals surface area (Å²) >= 11 is 0. The molecule has 0 radical (unpaired) electrons. The molecule has 0 saturated heterocycles. The maximum Gasteiger partial charge on any atom is 0.385 e. The number of nitrogens with zero attached hydrogens (tertiary/aromatic N) is 1. The number of carbonyl (C=O) groups is 1. The van der Waals surface area contributed by atoms with Crippen LogP contribution in [0.4, 0.5) is 0 Å². The highest BCUT2D eigenvalue weighted by Crippen LogP contribution is 2.28. The molecule has 0 aromatic heterocycles. The molecular formula is C12H19NO4. The van der Waals surface area contributed by atoms with E-state index in [0.29, 0.717) is 11.1 Å². The van der Waals surface area contributed by atoms with Gasteiger partial charge in [0, 0.05) is 4.92 Å². The minimum atomic E-state index is -1.78. The van der Waals surface area contributed by atoms with Gasteiger partial charge in [0.05, 0.1) is 19.4 Å². The first-order chi connectivity index (χ1) is 7.76. The van der Waals surface area contributed by atoms with Crippen LogP contribution in [0.15, 0.2) is 24.3 Å². The van der Waals surface area contributed by atoms with Crippen molar-refractivity contribution in [1.29, 1.82) is 0 Å². The predicted molar refractivity (Wildman–Crippen MR) is 65.2 cm³/mol. The lowest BCUT2D eigenvalue weighted by Gasteiger charge is -2.23.